The van der Waals surface area contributed by atoms with Crippen molar-refractivity contribution in [3.8, 4) is 0 Å². The number of hydrogen-bond acceptors (Lipinski definition) is 0. The number of unbranched alkanes of at least 4 members (excludes halogenated alkanes) is 1. The molecule has 0 spiro atoms. The molecule has 0 radical (unpaired) electrons. The van der Waals surface area contributed by atoms with Crippen LogP contribution in [0.2, 0.25) is 0 Å². The summed E-state index contributed by atoms with van der Waals surface area (Å²) >= 11 is 0. The van der Waals surface area contributed by atoms with E-state index in [2.05, 4.69) is 184 Å². The molecular formula is C45H45PTi. The van der Waals surface area contributed by atoms with Crippen LogP contribution in [0.5, 0.6) is 0 Å². The SMILES string of the molecule is CCCCC1=CC[C-]=C1C.[Ti+2].c1ccc(CCc2ccccc2)cc1.c1ccc(P(c2ccccc2)c2cc3ccccc3[cH-]2)cc1. The zero-order chi connectivity index (χ0) is 31.8. The van der Waals surface area contributed by atoms with Gasteiger partial charge >= 0.3 is 21.7 Å². The van der Waals surface area contributed by atoms with Gasteiger partial charge in [-0.2, -0.15) is 17.7 Å². The molecule has 6 aromatic carbocycles. The fraction of sp³-hybridized carbons (Fsp3) is 0.178. The van der Waals surface area contributed by atoms with E-state index in [0.717, 1.165) is 19.3 Å². The van der Waals surface area contributed by atoms with E-state index in [-0.39, 0.29) is 21.7 Å². The van der Waals surface area contributed by atoms with Crippen LogP contribution >= 0.6 is 7.92 Å². The molecule has 6 aromatic rings. The molecule has 0 atom stereocenters. The van der Waals surface area contributed by atoms with Gasteiger partial charge in [-0.1, -0.05) is 161 Å². The van der Waals surface area contributed by atoms with Crippen LogP contribution in [-0.4, -0.2) is 0 Å². The van der Waals surface area contributed by atoms with E-state index in [4.69, 9.17) is 0 Å². The van der Waals surface area contributed by atoms with Crippen LogP contribution < -0.4 is 15.9 Å². The van der Waals surface area contributed by atoms with Gasteiger partial charge in [0.25, 0.3) is 0 Å². The van der Waals surface area contributed by atoms with Crippen molar-refractivity contribution >= 4 is 34.6 Å². The van der Waals surface area contributed by atoms with E-state index >= 15 is 0 Å². The predicted molar refractivity (Wildman–Crippen MR) is 203 cm³/mol. The summed E-state index contributed by atoms with van der Waals surface area (Å²) in [5, 5.41) is 6.89. The maximum Gasteiger partial charge on any atom is 2.00 e. The van der Waals surface area contributed by atoms with Crippen molar-refractivity contribution in [2.45, 2.75) is 52.4 Å². The zero-order valence-electron chi connectivity index (χ0n) is 27.8. The van der Waals surface area contributed by atoms with Crippen molar-refractivity contribution in [2.75, 3.05) is 0 Å². The average Bonchev–Trinajstić information content (AvgIpc) is 3.74. The molecule has 0 nitrogen and oxygen atoms in total. The minimum absolute atomic E-state index is 0. The van der Waals surface area contributed by atoms with Gasteiger partial charge in [0.05, 0.1) is 0 Å². The second-order valence-corrected chi connectivity index (χ2v) is 13.9. The fourth-order valence-electron chi connectivity index (χ4n) is 5.69. The Labute approximate surface area is 299 Å². The van der Waals surface area contributed by atoms with Crippen LogP contribution in [0.4, 0.5) is 0 Å². The molecule has 0 amide bonds. The van der Waals surface area contributed by atoms with Crippen LogP contribution in [0.15, 0.2) is 175 Å². The molecule has 0 unspecified atom stereocenters. The Bertz CT molecular complexity index is 1670. The Balaban J connectivity index is 0.000000172. The summed E-state index contributed by atoms with van der Waals surface area (Å²) in [4.78, 5) is 0. The van der Waals surface area contributed by atoms with Crippen molar-refractivity contribution in [1.82, 2.24) is 0 Å². The Hall–Kier alpha value is -3.67. The first-order valence-electron chi connectivity index (χ1n) is 16.6. The predicted octanol–water partition coefficient (Wildman–Crippen LogP) is 11.0. The van der Waals surface area contributed by atoms with Crippen molar-refractivity contribution in [1.29, 1.82) is 0 Å². The monoisotopic (exact) mass is 664 g/mol. The van der Waals surface area contributed by atoms with Gasteiger partial charge in [0.15, 0.2) is 0 Å². The van der Waals surface area contributed by atoms with E-state index in [1.807, 2.05) is 0 Å². The van der Waals surface area contributed by atoms with Crippen molar-refractivity contribution in [2.24, 2.45) is 0 Å². The third-order valence-corrected chi connectivity index (χ3v) is 10.7. The van der Waals surface area contributed by atoms with Crippen LogP contribution in [0.3, 0.4) is 0 Å². The number of benzene rings is 5. The van der Waals surface area contributed by atoms with Gasteiger partial charge in [0.2, 0.25) is 0 Å². The normalized spacial score (nSPS) is 11.8. The fourth-order valence-corrected chi connectivity index (χ4v) is 8.06. The Morgan fingerprint density at radius 2 is 1.11 bits per heavy atom. The summed E-state index contributed by atoms with van der Waals surface area (Å²) in [5.41, 5.74) is 5.74. The first kappa shape index (κ1) is 36.2. The van der Waals surface area contributed by atoms with Gasteiger partial charge in [0.1, 0.15) is 0 Å². The van der Waals surface area contributed by atoms with E-state index in [9.17, 15) is 0 Å². The molecule has 0 heterocycles. The largest absolute Gasteiger partial charge is 2.00 e. The van der Waals surface area contributed by atoms with E-state index < -0.39 is 7.92 Å². The van der Waals surface area contributed by atoms with Crippen molar-refractivity contribution in [3.05, 3.63) is 192 Å². The van der Waals surface area contributed by atoms with Crippen LogP contribution in [0.1, 0.15) is 50.7 Å². The zero-order valence-corrected chi connectivity index (χ0v) is 30.2. The minimum Gasteiger partial charge on any atom is -0.269 e. The summed E-state index contributed by atoms with van der Waals surface area (Å²) < 4.78 is 0. The molecule has 2 heteroatoms. The summed E-state index contributed by atoms with van der Waals surface area (Å²) in [5.74, 6) is 0. The van der Waals surface area contributed by atoms with Gasteiger partial charge in [-0.05, 0) is 42.5 Å². The third kappa shape index (κ3) is 11.2. The Morgan fingerprint density at radius 1 is 0.617 bits per heavy atom. The summed E-state index contributed by atoms with van der Waals surface area (Å²) in [6, 6.07) is 56.3. The first-order chi connectivity index (χ1) is 22.7. The van der Waals surface area contributed by atoms with Crippen LogP contribution in [0, 0.1) is 6.08 Å². The number of rotatable bonds is 9. The van der Waals surface area contributed by atoms with Gasteiger partial charge in [-0.3, -0.25) is 6.08 Å². The summed E-state index contributed by atoms with van der Waals surface area (Å²) in [7, 11) is -0.493. The number of hydrogen-bond donors (Lipinski definition) is 0. The molecule has 234 valence electrons. The van der Waals surface area contributed by atoms with Crippen LogP contribution in [-0.2, 0) is 34.6 Å². The number of allylic oxidation sites excluding steroid dienone is 4. The second-order valence-electron chi connectivity index (χ2n) is 11.7. The molecule has 0 bridgehead atoms. The molecule has 1 aliphatic rings. The van der Waals surface area contributed by atoms with E-state index in [1.54, 1.807) is 0 Å². The Kier molecular flexibility index (Phi) is 15.3. The molecule has 0 aliphatic heterocycles. The smallest absolute Gasteiger partial charge is 0.269 e. The minimum atomic E-state index is -0.493. The second kappa shape index (κ2) is 19.9. The van der Waals surface area contributed by atoms with Crippen molar-refractivity contribution in [3.63, 3.8) is 0 Å². The maximum absolute atomic E-state index is 3.30. The maximum atomic E-state index is 3.30. The van der Waals surface area contributed by atoms with Gasteiger partial charge in [-0.15, -0.1) is 46.8 Å². The van der Waals surface area contributed by atoms with E-state index in [0.29, 0.717) is 0 Å². The molecule has 7 rings (SSSR count). The molecule has 0 N–H and O–H groups in total. The molecule has 0 saturated heterocycles. The number of fused-ring (bicyclic) bond motifs is 1. The average molecular weight is 665 g/mol. The molecule has 0 fully saturated rings. The molecule has 0 saturated carbocycles. The van der Waals surface area contributed by atoms with Gasteiger partial charge in [0, 0.05) is 0 Å². The van der Waals surface area contributed by atoms with Gasteiger partial charge < -0.3 is 0 Å². The standard InChI is InChI=1S/C21H16P.C14H14.C10H15.Ti/c1-3-11-19(12-4-1)22(20-13-5-2-6-14-20)21-15-17-9-7-8-10-18(17)16-21;1-3-7-13(8-4-1)11-12-14-9-5-2-6-10-14;1-3-4-7-10-8-5-6-9(10)2;/h1-16H;1-10H,11-12H2;8H,3-5,7H2,1-2H3;/q-1;;-1;+2. The van der Waals surface area contributed by atoms with Crippen molar-refractivity contribution < 1.29 is 21.7 Å². The molecule has 47 heavy (non-hydrogen) atoms. The van der Waals surface area contributed by atoms with Gasteiger partial charge in [-0.25, -0.2) is 5.57 Å². The third-order valence-electron chi connectivity index (χ3n) is 8.27. The number of aryl methyl sites for hydroxylation is 2. The molecule has 0 aromatic heterocycles. The molecule has 1 aliphatic carbocycles. The quantitative estimate of drug-likeness (QED) is 0.0820. The van der Waals surface area contributed by atoms with E-state index in [1.165, 1.54) is 68.2 Å². The summed E-state index contributed by atoms with van der Waals surface area (Å²) in [6.07, 6.45) is 12.8. The first-order valence-corrected chi connectivity index (χ1v) is 18.0. The van der Waals surface area contributed by atoms with Crippen LogP contribution in [0.25, 0.3) is 10.8 Å². The molecular weight excluding hydrogens is 619 g/mol. The topological polar surface area (TPSA) is 0 Å². The summed E-state index contributed by atoms with van der Waals surface area (Å²) in [6.45, 7) is 4.40. The Morgan fingerprint density at radius 3 is 1.57 bits per heavy atom.